The van der Waals surface area contributed by atoms with E-state index in [-0.39, 0.29) is 5.91 Å². The number of rotatable bonds is 6. The largest absolute Gasteiger partial charge is 0.455 e. The number of amides is 1. The number of aromatic nitrogens is 1. The average Bonchev–Trinajstić information content (AvgIpc) is 3.43. The van der Waals surface area contributed by atoms with Gasteiger partial charge < -0.3 is 20.0 Å². The highest BCUT2D eigenvalue weighted by atomic mass is 16.3. The van der Waals surface area contributed by atoms with Crippen LogP contribution in [-0.4, -0.2) is 17.0 Å². The van der Waals surface area contributed by atoms with Crippen molar-refractivity contribution in [3.63, 3.8) is 0 Å². The predicted octanol–water partition coefficient (Wildman–Crippen LogP) is 6.72. The number of carbonyl (C=O) groups excluding carboxylic acids is 1. The van der Waals surface area contributed by atoms with E-state index < -0.39 is 0 Å². The number of fused-ring (bicyclic) bond motifs is 4. The summed E-state index contributed by atoms with van der Waals surface area (Å²) in [6, 6.07) is 29.1. The molecule has 6 aromatic rings. The molecular weight excluding hydrogens is 446 g/mol. The Balaban J connectivity index is 1.42. The Morgan fingerprint density at radius 1 is 0.917 bits per heavy atom. The van der Waals surface area contributed by atoms with Crippen LogP contribution < -0.4 is 11.1 Å². The molecule has 6 rings (SSSR count). The molecule has 0 aliphatic carbocycles. The van der Waals surface area contributed by atoms with Gasteiger partial charge in [-0.1, -0.05) is 54.6 Å². The fourth-order valence-corrected chi connectivity index (χ4v) is 5.09. The Labute approximate surface area is 209 Å². The normalized spacial score (nSPS) is 11.5. The van der Waals surface area contributed by atoms with Gasteiger partial charge in [-0.25, -0.2) is 0 Å². The van der Waals surface area contributed by atoms with Crippen molar-refractivity contribution in [2.24, 2.45) is 5.73 Å². The molecule has 0 aliphatic heterocycles. The van der Waals surface area contributed by atoms with Crippen LogP contribution in [0.5, 0.6) is 0 Å². The number of benzene rings is 4. The van der Waals surface area contributed by atoms with Gasteiger partial charge in [0.1, 0.15) is 11.2 Å². The number of anilines is 1. The Hall–Kier alpha value is -4.35. The SMILES string of the molecule is CC(=O)Nc1ccc(Cn2cc(CCN)c3cc(-c4cccc5c4oc4ccccc45)ccc32)cc1. The molecule has 4 aromatic carbocycles. The molecule has 0 saturated carbocycles. The van der Waals surface area contributed by atoms with Crippen molar-refractivity contribution in [2.45, 2.75) is 19.9 Å². The van der Waals surface area contributed by atoms with Gasteiger partial charge in [-0.2, -0.15) is 0 Å². The first-order chi connectivity index (χ1) is 17.6. The first kappa shape index (κ1) is 22.1. The Bertz CT molecular complexity index is 1720. The smallest absolute Gasteiger partial charge is 0.221 e. The lowest BCUT2D eigenvalue weighted by Crippen LogP contribution is -2.06. The highest BCUT2D eigenvalue weighted by Crippen LogP contribution is 2.37. The van der Waals surface area contributed by atoms with E-state index in [4.69, 9.17) is 10.2 Å². The predicted molar refractivity (Wildman–Crippen MR) is 147 cm³/mol. The van der Waals surface area contributed by atoms with Gasteiger partial charge in [0.05, 0.1) is 0 Å². The van der Waals surface area contributed by atoms with Crippen molar-refractivity contribution in [1.82, 2.24) is 4.57 Å². The highest BCUT2D eigenvalue weighted by molar-refractivity contribution is 6.10. The maximum Gasteiger partial charge on any atom is 0.221 e. The molecule has 2 heterocycles. The summed E-state index contributed by atoms with van der Waals surface area (Å²) in [7, 11) is 0. The van der Waals surface area contributed by atoms with Crippen molar-refractivity contribution in [3.8, 4) is 11.1 Å². The number of hydrogen-bond acceptors (Lipinski definition) is 3. The topological polar surface area (TPSA) is 73.2 Å². The molecular formula is C31H27N3O2. The van der Waals surface area contributed by atoms with Crippen molar-refractivity contribution in [1.29, 1.82) is 0 Å². The summed E-state index contributed by atoms with van der Waals surface area (Å²) in [4.78, 5) is 11.3. The second-order valence-corrected chi connectivity index (χ2v) is 9.21. The lowest BCUT2D eigenvalue weighted by atomic mass is 9.99. The maximum absolute atomic E-state index is 11.3. The van der Waals surface area contributed by atoms with Crippen LogP contribution in [-0.2, 0) is 17.8 Å². The number of para-hydroxylation sites is 2. The van der Waals surface area contributed by atoms with E-state index in [1.54, 1.807) is 0 Å². The van der Waals surface area contributed by atoms with Gasteiger partial charge in [0, 0.05) is 52.6 Å². The third kappa shape index (κ3) is 3.93. The minimum Gasteiger partial charge on any atom is -0.455 e. The van der Waals surface area contributed by atoms with E-state index >= 15 is 0 Å². The lowest BCUT2D eigenvalue weighted by Gasteiger charge is -2.09. The van der Waals surface area contributed by atoms with Crippen LogP contribution in [0, 0.1) is 0 Å². The molecule has 0 saturated heterocycles. The summed E-state index contributed by atoms with van der Waals surface area (Å²) in [5, 5.41) is 6.30. The number of nitrogens with two attached hydrogens (primary N) is 1. The summed E-state index contributed by atoms with van der Waals surface area (Å²) in [6.07, 6.45) is 3.02. The molecule has 0 atom stereocenters. The monoisotopic (exact) mass is 473 g/mol. The molecule has 5 nitrogen and oxygen atoms in total. The lowest BCUT2D eigenvalue weighted by molar-refractivity contribution is -0.114. The number of carbonyl (C=O) groups is 1. The van der Waals surface area contributed by atoms with Crippen molar-refractivity contribution >= 4 is 44.4 Å². The highest BCUT2D eigenvalue weighted by Gasteiger charge is 2.15. The molecule has 178 valence electrons. The van der Waals surface area contributed by atoms with Gasteiger partial charge in [0.25, 0.3) is 0 Å². The zero-order valence-corrected chi connectivity index (χ0v) is 20.1. The van der Waals surface area contributed by atoms with Crippen LogP contribution in [0.1, 0.15) is 18.1 Å². The van der Waals surface area contributed by atoms with E-state index in [0.29, 0.717) is 6.54 Å². The van der Waals surface area contributed by atoms with Gasteiger partial charge in [-0.3, -0.25) is 4.79 Å². The van der Waals surface area contributed by atoms with Gasteiger partial charge in [-0.15, -0.1) is 0 Å². The fraction of sp³-hybridized carbons (Fsp3) is 0.129. The van der Waals surface area contributed by atoms with Crippen LogP contribution in [0.3, 0.4) is 0 Å². The number of furan rings is 1. The van der Waals surface area contributed by atoms with Crippen LogP contribution in [0.15, 0.2) is 95.5 Å². The van der Waals surface area contributed by atoms with E-state index in [1.807, 2.05) is 30.3 Å². The van der Waals surface area contributed by atoms with E-state index in [2.05, 4.69) is 70.7 Å². The molecule has 0 fully saturated rings. The first-order valence-corrected chi connectivity index (χ1v) is 12.2. The van der Waals surface area contributed by atoms with E-state index in [0.717, 1.165) is 57.3 Å². The summed E-state index contributed by atoms with van der Waals surface area (Å²) in [5.41, 5.74) is 14.4. The van der Waals surface area contributed by atoms with E-state index in [1.165, 1.54) is 23.4 Å². The van der Waals surface area contributed by atoms with Crippen molar-refractivity contribution in [2.75, 3.05) is 11.9 Å². The van der Waals surface area contributed by atoms with Crippen molar-refractivity contribution < 1.29 is 9.21 Å². The minimum atomic E-state index is -0.0697. The number of nitrogens with one attached hydrogen (secondary N) is 1. The molecule has 5 heteroatoms. The Morgan fingerprint density at radius 2 is 1.72 bits per heavy atom. The molecule has 0 spiro atoms. The van der Waals surface area contributed by atoms with Crippen LogP contribution in [0.2, 0.25) is 0 Å². The average molecular weight is 474 g/mol. The Kier molecular flexibility index (Phi) is 5.55. The van der Waals surface area contributed by atoms with Crippen LogP contribution >= 0.6 is 0 Å². The zero-order valence-electron chi connectivity index (χ0n) is 20.1. The second-order valence-electron chi connectivity index (χ2n) is 9.21. The van der Waals surface area contributed by atoms with Gasteiger partial charge in [0.2, 0.25) is 5.91 Å². The summed E-state index contributed by atoms with van der Waals surface area (Å²) < 4.78 is 8.57. The van der Waals surface area contributed by atoms with Crippen LogP contribution in [0.25, 0.3) is 44.0 Å². The third-order valence-corrected chi connectivity index (χ3v) is 6.72. The molecule has 0 radical (unpaired) electrons. The summed E-state index contributed by atoms with van der Waals surface area (Å²) in [6.45, 7) is 2.84. The van der Waals surface area contributed by atoms with Crippen molar-refractivity contribution in [3.05, 3.63) is 102 Å². The molecule has 2 aromatic heterocycles. The molecule has 0 bridgehead atoms. The van der Waals surface area contributed by atoms with Gasteiger partial charge in [-0.05, 0) is 60.0 Å². The molecule has 0 aliphatic rings. The summed E-state index contributed by atoms with van der Waals surface area (Å²) in [5.74, 6) is -0.0697. The molecule has 0 unspecified atom stereocenters. The molecule has 36 heavy (non-hydrogen) atoms. The molecule has 3 N–H and O–H groups in total. The second kappa shape index (κ2) is 9.02. The standard InChI is InChI=1S/C31H27N3O2/c1-20(35)33-24-12-9-21(10-13-24)18-34-19-23(15-16-32)28-17-22(11-14-29(28)34)25-6-4-7-27-26-5-2-3-8-30(26)36-31(25)27/h2-14,17,19H,15-16,18,32H2,1H3,(H,33,35). The van der Waals surface area contributed by atoms with Gasteiger partial charge in [0.15, 0.2) is 0 Å². The first-order valence-electron chi connectivity index (χ1n) is 12.2. The van der Waals surface area contributed by atoms with Gasteiger partial charge >= 0.3 is 0 Å². The van der Waals surface area contributed by atoms with Crippen LogP contribution in [0.4, 0.5) is 5.69 Å². The van der Waals surface area contributed by atoms with E-state index in [9.17, 15) is 4.79 Å². The third-order valence-electron chi connectivity index (χ3n) is 6.72. The Morgan fingerprint density at radius 3 is 2.53 bits per heavy atom. The number of hydrogen-bond donors (Lipinski definition) is 2. The zero-order chi connectivity index (χ0) is 24.6. The minimum absolute atomic E-state index is 0.0697. The maximum atomic E-state index is 11.3. The number of nitrogens with zero attached hydrogens (tertiary/aromatic N) is 1. The quantitative estimate of drug-likeness (QED) is 0.282. The summed E-state index contributed by atoms with van der Waals surface area (Å²) >= 11 is 0. The molecule has 1 amide bonds. The fourth-order valence-electron chi connectivity index (χ4n) is 5.09.